The van der Waals surface area contributed by atoms with Gasteiger partial charge in [0.2, 0.25) is 28.6 Å². The molecular formula is C49H40O12. The fourth-order valence-electron chi connectivity index (χ4n) is 8.93. The lowest BCUT2D eigenvalue weighted by Gasteiger charge is -2.56. The fourth-order valence-corrected chi connectivity index (χ4v) is 8.93. The molecule has 0 amide bonds. The monoisotopic (exact) mass is 820 g/mol. The summed E-state index contributed by atoms with van der Waals surface area (Å²) in [5.74, 6) is -7.02. The predicted molar refractivity (Wildman–Crippen MR) is 221 cm³/mol. The Hall–Kier alpha value is -6.70. The van der Waals surface area contributed by atoms with Crippen molar-refractivity contribution in [1.29, 1.82) is 0 Å². The Morgan fingerprint density at radius 1 is 0.721 bits per heavy atom. The van der Waals surface area contributed by atoms with Gasteiger partial charge in [-0.25, -0.2) is 4.79 Å². The van der Waals surface area contributed by atoms with Gasteiger partial charge in [-0.3, -0.25) is 14.4 Å². The van der Waals surface area contributed by atoms with E-state index in [4.69, 9.17) is 33.2 Å². The normalized spacial score (nSPS) is 20.3. The highest BCUT2D eigenvalue weighted by atomic mass is 16.7. The van der Waals surface area contributed by atoms with Crippen LogP contribution in [0.4, 0.5) is 0 Å². The Labute approximate surface area is 350 Å². The summed E-state index contributed by atoms with van der Waals surface area (Å²) in [7, 11) is 3.88. The molecule has 61 heavy (non-hydrogen) atoms. The number of esters is 1. The zero-order valence-electron chi connectivity index (χ0n) is 33.7. The van der Waals surface area contributed by atoms with Crippen LogP contribution in [0, 0.1) is 6.92 Å². The molecule has 12 nitrogen and oxygen atoms in total. The second-order valence-corrected chi connectivity index (χ2v) is 15.1. The lowest BCUT2D eigenvalue weighted by Crippen LogP contribution is -2.82. The van der Waals surface area contributed by atoms with E-state index in [2.05, 4.69) is 0 Å². The lowest BCUT2D eigenvalue weighted by atomic mass is 9.58. The highest BCUT2D eigenvalue weighted by molar-refractivity contribution is 6.35. The number of ether oxygens (including phenoxy) is 7. The number of ketones is 3. The van der Waals surface area contributed by atoms with Gasteiger partial charge in [0.1, 0.15) is 23.7 Å². The first-order valence-electron chi connectivity index (χ1n) is 19.5. The van der Waals surface area contributed by atoms with Gasteiger partial charge in [0.05, 0.1) is 46.7 Å². The molecule has 2 aliphatic carbocycles. The van der Waals surface area contributed by atoms with Crippen molar-refractivity contribution in [3.05, 3.63) is 166 Å². The van der Waals surface area contributed by atoms with Crippen LogP contribution in [-0.4, -0.2) is 66.7 Å². The summed E-state index contributed by atoms with van der Waals surface area (Å²) in [6, 6.07) is 32.4. The van der Waals surface area contributed by atoms with Crippen molar-refractivity contribution in [3.8, 4) is 11.5 Å². The van der Waals surface area contributed by atoms with Crippen molar-refractivity contribution >= 4 is 44.9 Å². The molecule has 308 valence electrons. The van der Waals surface area contributed by atoms with E-state index >= 15 is 9.59 Å². The quantitative estimate of drug-likeness (QED) is 0.115. The maximum Gasteiger partial charge on any atom is 0.341 e. The number of rotatable bonds is 9. The number of carbonyl (C=O) groups is 4. The van der Waals surface area contributed by atoms with E-state index in [0.29, 0.717) is 33.2 Å². The Bertz CT molecular complexity index is 2780. The highest BCUT2D eigenvalue weighted by Gasteiger charge is 2.82. The Balaban J connectivity index is 1.34. The minimum atomic E-state index is -3.33. The van der Waals surface area contributed by atoms with Gasteiger partial charge in [0.15, 0.2) is 5.76 Å². The molecule has 0 fully saturated rings. The first-order valence-corrected chi connectivity index (χ1v) is 19.5. The molecule has 9 rings (SSSR count). The highest BCUT2D eigenvalue weighted by Crippen LogP contribution is 2.57. The molecule has 1 N–H and O–H groups in total. The van der Waals surface area contributed by atoms with E-state index in [-0.39, 0.29) is 60.2 Å². The maximum absolute atomic E-state index is 16.1. The minimum absolute atomic E-state index is 0.0451. The van der Waals surface area contributed by atoms with Gasteiger partial charge in [-0.15, -0.1) is 0 Å². The summed E-state index contributed by atoms with van der Waals surface area (Å²) in [4.78, 5) is 59.9. The maximum atomic E-state index is 16.1. The average molecular weight is 821 g/mol. The number of carbonyl (C=O) groups excluding carboxylic acids is 4. The van der Waals surface area contributed by atoms with Crippen molar-refractivity contribution in [2.75, 3.05) is 21.3 Å². The summed E-state index contributed by atoms with van der Waals surface area (Å²) in [5, 5.41) is 15.7. The second-order valence-electron chi connectivity index (χ2n) is 15.1. The second kappa shape index (κ2) is 15.1. The Morgan fingerprint density at radius 3 is 1.89 bits per heavy atom. The number of fused-ring (bicyclic) bond motifs is 6. The van der Waals surface area contributed by atoms with Gasteiger partial charge >= 0.3 is 5.97 Å². The van der Waals surface area contributed by atoms with Gasteiger partial charge in [-0.05, 0) is 75.2 Å². The molecule has 0 unspecified atom stereocenters. The number of Topliss-reactive ketones (excluding diaryl/α,β-unsaturated/α-hetero) is 2. The van der Waals surface area contributed by atoms with E-state index in [9.17, 15) is 14.7 Å². The molecule has 0 saturated carbocycles. The third-order valence-corrected chi connectivity index (χ3v) is 11.9. The van der Waals surface area contributed by atoms with Gasteiger partial charge in [0, 0.05) is 17.0 Å². The van der Waals surface area contributed by atoms with Gasteiger partial charge in [0.25, 0.3) is 5.79 Å². The van der Waals surface area contributed by atoms with Crippen LogP contribution in [-0.2, 0) is 54.9 Å². The summed E-state index contributed by atoms with van der Waals surface area (Å²) in [5.41, 5.74) is -3.98. The largest absolute Gasteiger partial charge is 0.496 e. The molecule has 6 aromatic rings. The molecule has 3 aliphatic rings. The molecule has 1 heterocycles. The van der Waals surface area contributed by atoms with Crippen LogP contribution in [0.25, 0.3) is 21.5 Å². The summed E-state index contributed by atoms with van der Waals surface area (Å²) in [6.07, 6.45) is 0.920. The molecule has 0 bridgehead atoms. The lowest BCUT2D eigenvalue weighted by molar-refractivity contribution is -0.341. The standard InChI is InChI=1S/C49H40O12/c1-28-40-33(22-37(55-2)41(28)46(53)57-4)21-36-42(43(40)58-24-29-13-7-5-8-14-29)45(52)47(54)38(50)23-39(56-3)49(48(47,44(36)51)59-25-30-15-9-6-10-16-30)60-26-34-19-31-17-11-12-18-32(31)20-35(34)27-61-49/h5-23,54H,24-27H2,1-4H3/t47-,48+/m1/s1. The molecular weight excluding hydrogens is 781 g/mol. The number of hydrogen-bond donors (Lipinski definition) is 1. The van der Waals surface area contributed by atoms with E-state index in [1.807, 2.05) is 66.7 Å². The Kier molecular flexibility index (Phi) is 9.83. The van der Waals surface area contributed by atoms with Crippen LogP contribution in [0.2, 0.25) is 0 Å². The predicted octanol–water partition coefficient (Wildman–Crippen LogP) is 7.30. The van der Waals surface area contributed by atoms with Crippen LogP contribution in [0.1, 0.15) is 58.9 Å². The first kappa shape index (κ1) is 39.7. The van der Waals surface area contributed by atoms with Gasteiger partial charge < -0.3 is 38.3 Å². The average Bonchev–Trinajstić information content (AvgIpc) is 3.47. The first-order chi connectivity index (χ1) is 29.5. The molecule has 0 aromatic heterocycles. The van der Waals surface area contributed by atoms with E-state index in [1.165, 1.54) is 33.5 Å². The Morgan fingerprint density at radius 2 is 1.31 bits per heavy atom. The van der Waals surface area contributed by atoms with Gasteiger partial charge in [-0.2, -0.15) is 0 Å². The minimum Gasteiger partial charge on any atom is -0.496 e. The van der Waals surface area contributed by atoms with Crippen molar-refractivity contribution in [3.63, 3.8) is 0 Å². The van der Waals surface area contributed by atoms with E-state index in [1.54, 1.807) is 37.3 Å². The molecule has 1 aliphatic heterocycles. The number of methoxy groups -OCH3 is 3. The van der Waals surface area contributed by atoms with E-state index in [0.717, 1.165) is 16.8 Å². The molecule has 6 aromatic carbocycles. The smallest absolute Gasteiger partial charge is 0.341 e. The third kappa shape index (κ3) is 5.82. The van der Waals surface area contributed by atoms with Crippen LogP contribution < -0.4 is 9.47 Å². The molecule has 0 saturated heterocycles. The number of aryl methyl sites for hydroxylation is 1. The van der Waals surface area contributed by atoms with Crippen molar-refractivity contribution in [2.24, 2.45) is 0 Å². The van der Waals surface area contributed by atoms with Gasteiger partial charge in [-0.1, -0.05) is 84.9 Å². The fraction of sp³-hybridized carbons (Fsp3) is 0.224. The SMILES string of the molecule is COC(=O)c1c(OC)cc2cc3c(c(OCc4ccccc4)c2c1C)C(=O)[C@]1(O)C(=O)C=C(OC)C2(OCc4cc5ccccc5cc4CO2)[C@]1(OCc1ccccc1)C3=O. The molecule has 1 spiro atoms. The van der Waals surface area contributed by atoms with Crippen LogP contribution in [0.3, 0.4) is 0 Å². The molecule has 2 atom stereocenters. The topological polar surface area (TPSA) is 153 Å². The zero-order valence-corrected chi connectivity index (χ0v) is 33.7. The zero-order chi connectivity index (χ0) is 42.7. The molecule has 0 radical (unpaired) electrons. The van der Waals surface area contributed by atoms with Crippen LogP contribution in [0.5, 0.6) is 11.5 Å². The molecule has 12 heteroatoms. The van der Waals surface area contributed by atoms with E-state index < -0.39 is 45.9 Å². The van der Waals surface area contributed by atoms with Crippen molar-refractivity contribution in [1.82, 2.24) is 0 Å². The summed E-state index contributed by atoms with van der Waals surface area (Å²) < 4.78 is 43.3. The van der Waals surface area contributed by atoms with Crippen LogP contribution in [0.15, 0.2) is 121 Å². The number of hydrogen-bond acceptors (Lipinski definition) is 12. The summed E-state index contributed by atoms with van der Waals surface area (Å²) >= 11 is 0. The number of aliphatic hydroxyl groups is 1. The third-order valence-electron chi connectivity index (χ3n) is 11.9. The van der Waals surface area contributed by atoms with Crippen LogP contribution >= 0.6 is 0 Å². The number of benzene rings is 6. The van der Waals surface area contributed by atoms with Crippen molar-refractivity contribution in [2.45, 2.75) is 50.3 Å². The summed E-state index contributed by atoms with van der Waals surface area (Å²) in [6.45, 7) is 0.731. The van der Waals surface area contributed by atoms with Crippen molar-refractivity contribution < 1.29 is 57.4 Å².